The number of benzene rings is 2. The Balaban J connectivity index is 1.81. The lowest BCUT2D eigenvalue weighted by Gasteiger charge is -2.30. The van der Waals surface area contributed by atoms with Crippen molar-refractivity contribution in [2.75, 3.05) is 7.11 Å². The van der Waals surface area contributed by atoms with Gasteiger partial charge in [-0.25, -0.2) is 17.6 Å². The van der Waals surface area contributed by atoms with Crippen LogP contribution in [0.4, 0.5) is 17.6 Å². The van der Waals surface area contributed by atoms with Crippen LogP contribution in [0.25, 0.3) is 0 Å². The number of halogens is 4. The fraction of sp³-hybridized carbons (Fsp3) is 0.300. The molecule has 0 saturated heterocycles. The van der Waals surface area contributed by atoms with Gasteiger partial charge in [0.25, 0.3) is 18.8 Å². The first-order valence-corrected chi connectivity index (χ1v) is 8.81. The molecule has 0 saturated carbocycles. The lowest BCUT2D eigenvalue weighted by molar-refractivity contribution is -0.164. The summed E-state index contributed by atoms with van der Waals surface area (Å²) in [5.41, 5.74) is -3.73. The fourth-order valence-corrected chi connectivity index (χ4v) is 2.92. The summed E-state index contributed by atoms with van der Waals surface area (Å²) in [6, 6.07) is 12.6. The number of carbonyl (C=O) groups excluding carboxylic acids is 1. The number of ether oxygens (including phenoxy) is 2. The highest BCUT2D eigenvalue weighted by molar-refractivity contribution is 5.99. The number of hydrazone groups is 1. The van der Waals surface area contributed by atoms with Gasteiger partial charge in [-0.3, -0.25) is 4.79 Å². The maximum Gasteiger partial charge on any atom is 0.287 e. The lowest BCUT2D eigenvalue weighted by Crippen LogP contribution is -2.51. The van der Waals surface area contributed by atoms with Crippen molar-refractivity contribution < 1.29 is 36.9 Å². The van der Waals surface area contributed by atoms with Crippen LogP contribution in [0, 0.1) is 0 Å². The third-order valence-electron chi connectivity index (χ3n) is 4.47. The van der Waals surface area contributed by atoms with Crippen molar-refractivity contribution in [3.05, 3.63) is 59.7 Å². The smallest absolute Gasteiger partial charge is 0.287 e. The Kier molecular flexibility index (Phi) is 6.25. The predicted molar refractivity (Wildman–Crippen MR) is 98.9 cm³/mol. The molecule has 0 bridgehead atoms. The van der Waals surface area contributed by atoms with Crippen molar-refractivity contribution in [1.29, 1.82) is 0 Å². The molecule has 1 aliphatic heterocycles. The Bertz CT molecular complexity index is 954. The molecule has 1 aliphatic rings. The summed E-state index contributed by atoms with van der Waals surface area (Å²) in [5, 5.41) is 13.4. The summed E-state index contributed by atoms with van der Waals surface area (Å²) >= 11 is 0. The summed E-state index contributed by atoms with van der Waals surface area (Å²) in [6.45, 7) is 0.0200. The van der Waals surface area contributed by atoms with E-state index in [4.69, 9.17) is 9.47 Å². The van der Waals surface area contributed by atoms with Gasteiger partial charge in [0.1, 0.15) is 12.3 Å². The number of hydrogen-bond donors (Lipinski definition) is 1. The second-order valence-electron chi connectivity index (χ2n) is 6.50. The van der Waals surface area contributed by atoms with Gasteiger partial charge in [-0.2, -0.15) is 10.1 Å². The molecule has 160 valence electrons. The maximum atomic E-state index is 13.4. The number of rotatable bonds is 7. The first-order valence-electron chi connectivity index (χ1n) is 8.81. The van der Waals surface area contributed by atoms with Crippen molar-refractivity contribution in [1.82, 2.24) is 5.01 Å². The number of aliphatic hydroxyl groups is 1. The normalized spacial score (nSPS) is 18.7. The average Bonchev–Trinajstić information content (AvgIpc) is 3.11. The Morgan fingerprint density at radius 1 is 1.17 bits per heavy atom. The molecule has 30 heavy (non-hydrogen) atoms. The van der Waals surface area contributed by atoms with Crippen LogP contribution < -0.4 is 9.47 Å². The predicted octanol–water partition coefficient (Wildman–Crippen LogP) is 3.69. The summed E-state index contributed by atoms with van der Waals surface area (Å²) in [6.07, 6.45) is -7.79. The summed E-state index contributed by atoms with van der Waals surface area (Å²) in [4.78, 5) is 12.7. The van der Waals surface area contributed by atoms with Crippen molar-refractivity contribution in [2.45, 2.75) is 31.6 Å². The molecule has 6 nitrogen and oxygen atoms in total. The highest BCUT2D eigenvalue weighted by Gasteiger charge is 2.53. The largest absolute Gasteiger partial charge is 0.493 e. The minimum absolute atomic E-state index is 0.0200. The Morgan fingerprint density at radius 3 is 2.50 bits per heavy atom. The van der Waals surface area contributed by atoms with Crippen LogP contribution in [-0.4, -0.2) is 47.4 Å². The van der Waals surface area contributed by atoms with Crippen molar-refractivity contribution in [3.8, 4) is 11.5 Å². The van der Waals surface area contributed by atoms with Crippen molar-refractivity contribution >= 4 is 11.6 Å². The van der Waals surface area contributed by atoms with E-state index in [0.29, 0.717) is 17.1 Å². The van der Waals surface area contributed by atoms with E-state index in [0.717, 1.165) is 0 Å². The van der Waals surface area contributed by atoms with Gasteiger partial charge < -0.3 is 14.6 Å². The van der Waals surface area contributed by atoms with Gasteiger partial charge in [-0.15, -0.1) is 0 Å². The third kappa shape index (κ3) is 4.23. The van der Waals surface area contributed by atoms with Gasteiger partial charge in [-0.1, -0.05) is 24.3 Å². The van der Waals surface area contributed by atoms with E-state index in [2.05, 4.69) is 5.10 Å². The summed E-state index contributed by atoms with van der Waals surface area (Å²) < 4.78 is 63.4. The van der Waals surface area contributed by atoms with Gasteiger partial charge in [-0.05, 0) is 29.8 Å². The number of alkyl halides is 4. The van der Waals surface area contributed by atoms with E-state index in [1.54, 1.807) is 30.3 Å². The number of carbonyl (C=O) groups is 1. The fourth-order valence-electron chi connectivity index (χ4n) is 2.92. The average molecular weight is 426 g/mol. The molecule has 2 aromatic carbocycles. The van der Waals surface area contributed by atoms with E-state index in [1.807, 2.05) is 0 Å². The molecule has 10 heteroatoms. The molecule has 1 N–H and O–H groups in total. The van der Waals surface area contributed by atoms with Gasteiger partial charge >= 0.3 is 0 Å². The van der Waals surface area contributed by atoms with Crippen molar-refractivity contribution in [3.63, 3.8) is 0 Å². The molecule has 3 rings (SSSR count). The van der Waals surface area contributed by atoms with Crippen LogP contribution in [0.1, 0.15) is 22.3 Å². The Morgan fingerprint density at radius 2 is 1.87 bits per heavy atom. The first kappa shape index (κ1) is 21.6. The van der Waals surface area contributed by atoms with E-state index >= 15 is 0 Å². The first-order chi connectivity index (χ1) is 14.3. The number of para-hydroxylation sites is 2. The molecule has 1 amide bonds. The molecule has 0 spiro atoms. The monoisotopic (exact) mass is 426 g/mol. The minimum atomic E-state index is -3.49. The summed E-state index contributed by atoms with van der Waals surface area (Å²) in [5.74, 6) is -0.181. The highest BCUT2D eigenvalue weighted by Crippen LogP contribution is 2.34. The zero-order chi connectivity index (χ0) is 21.9. The Labute approximate surface area is 169 Å². The van der Waals surface area contributed by atoms with Gasteiger partial charge in [0.05, 0.1) is 7.11 Å². The topological polar surface area (TPSA) is 71.4 Å². The number of nitrogens with zero attached hydrogens (tertiary/aromatic N) is 2. The SMILES string of the molecule is COc1ccccc1OCc1cccc(C(=O)N2N=C(C(F)F)CC2(O)C(F)F)c1. The van der Waals surface area contributed by atoms with E-state index < -0.39 is 36.6 Å². The second kappa shape index (κ2) is 8.70. The van der Waals surface area contributed by atoms with Gasteiger partial charge in [0.2, 0.25) is 5.72 Å². The molecular formula is C20H18F4N2O4. The minimum Gasteiger partial charge on any atom is -0.493 e. The van der Waals surface area contributed by atoms with Crippen LogP contribution in [0.5, 0.6) is 11.5 Å². The van der Waals surface area contributed by atoms with Gasteiger partial charge in [0, 0.05) is 12.0 Å². The molecule has 0 radical (unpaired) electrons. The van der Waals surface area contributed by atoms with E-state index in [9.17, 15) is 27.5 Å². The van der Waals surface area contributed by atoms with E-state index in [-0.39, 0.29) is 17.2 Å². The molecular weight excluding hydrogens is 408 g/mol. The molecule has 2 aromatic rings. The Hall–Kier alpha value is -3.14. The van der Waals surface area contributed by atoms with Crippen LogP contribution in [0.15, 0.2) is 53.6 Å². The quantitative estimate of drug-likeness (QED) is 0.686. The molecule has 1 heterocycles. The van der Waals surface area contributed by atoms with E-state index in [1.165, 1.54) is 25.3 Å². The maximum absolute atomic E-state index is 13.4. The highest BCUT2D eigenvalue weighted by atomic mass is 19.3. The van der Waals surface area contributed by atoms with Crippen LogP contribution >= 0.6 is 0 Å². The standard InChI is InChI=1S/C20H18F4N2O4/c1-29-15-7-2-3-8-16(15)30-11-12-5-4-6-13(9-12)18(27)26-20(28,19(23)24)10-14(25-26)17(21)22/h2-9,17,19,28H,10-11H2,1H3. The molecule has 0 fully saturated rings. The van der Waals surface area contributed by atoms with Crippen LogP contribution in [0.2, 0.25) is 0 Å². The number of amides is 1. The third-order valence-corrected chi connectivity index (χ3v) is 4.47. The molecule has 1 unspecified atom stereocenters. The van der Waals surface area contributed by atoms with Gasteiger partial charge in [0.15, 0.2) is 11.5 Å². The van der Waals surface area contributed by atoms with Crippen LogP contribution in [-0.2, 0) is 6.61 Å². The van der Waals surface area contributed by atoms with Crippen molar-refractivity contribution in [2.24, 2.45) is 5.10 Å². The molecule has 1 atom stereocenters. The lowest BCUT2D eigenvalue weighted by atomic mass is 10.1. The zero-order valence-electron chi connectivity index (χ0n) is 15.8. The second-order valence-corrected chi connectivity index (χ2v) is 6.50. The van der Waals surface area contributed by atoms with Crippen LogP contribution in [0.3, 0.4) is 0 Å². The number of hydrogen-bond acceptors (Lipinski definition) is 5. The number of methoxy groups -OCH3 is 1. The molecule has 0 aromatic heterocycles. The summed E-state index contributed by atoms with van der Waals surface area (Å²) in [7, 11) is 1.48. The molecule has 0 aliphatic carbocycles. The zero-order valence-corrected chi connectivity index (χ0v) is 15.8.